The van der Waals surface area contributed by atoms with Gasteiger partial charge in [0, 0.05) is 34.0 Å². The lowest BCUT2D eigenvalue weighted by Crippen LogP contribution is -2.61. The highest BCUT2D eigenvalue weighted by atomic mass is 15.2. The highest BCUT2D eigenvalue weighted by Crippen LogP contribution is 2.48. The molecule has 0 radical (unpaired) electrons. The van der Waals surface area contributed by atoms with Gasteiger partial charge >= 0.3 is 0 Å². The lowest BCUT2D eigenvalue weighted by Gasteiger charge is -2.45. The highest BCUT2D eigenvalue weighted by Gasteiger charge is 2.45. The molecule has 3 heteroatoms. The van der Waals surface area contributed by atoms with Gasteiger partial charge in [0.2, 0.25) is 0 Å². The van der Waals surface area contributed by atoms with Gasteiger partial charge in [-0.05, 0) is 120 Å². The van der Waals surface area contributed by atoms with Gasteiger partial charge in [-0.1, -0.05) is 203 Å². The number of benzene rings is 7. The summed E-state index contributed by atoms with van der Waals surface area (Å²) < 4.78 is 0. The Kier molecular flexibility index (Phi) is 10.4. The minimum atomic E-state index is -0.0507. The highest BCUT2D eigenvalue weighted by molar-refractivity contribution is 7.00. The lowest BCUT2D eigenvalue weighted by atomic mass is 9.33. The van der Waals surface area contributed by atoms with Gasteiger partial charge in [-0.3, -0.25) is 0 Å². The fraction of sp³-hybridized carbons (Fsp3) is 0.200. The molecule has 0 saturated heterocycles. The first-order valence-corrected chi connectivity index (χ1v) is 22.4. The number of allylic oxidation sites excluding steroid dienone is 4. The Hall–Kier alpha value is -6.58. The number of hydrogen-bond acceptors (Lipinski definition) is 2. The molecule has 7 aromatic carbocycles. The van der Waals surface area contributed by atoms with Crippen molar-refractivity contribution < 1.29 is 0 Å². The van der Waals surface area contributed by atoms with E-state index in [9.17, 15) is 0 Å². The number of hydrogen-bond donors (Lipinski definition) is 0. The number of fused-ring (bicyclic) bond motifs is 4. The van der Waals surface area contributed by atoms with E-state index in [1.54, 1.807) is 0 Å². The van der Waals surface area contributed by atoms with Crippen molar-refractivity contribution in [3.8, 4) is 22.3 Å². The van der Waals surface area contributed by atoms with E-state index in [1.165, 1.54) is 72.5 Å². The van der Waals surface area contributed by atoms with Gasteiger partial charge in [0.1, 0.15) is 0 Å². The van der Waals surface area contributed by atoms with Crippen molar-refractivity contribution in [2.45, 2.75) is 78.6 Å². The van der Waals surface area contributed by atoms with Crippen LogP contribution >= 0.6 is 0 Å². The molecule has 0 amide bonds. The van der Waals surface area contributed by atoms with Crippen LogP contribution < -0.4 is 26.2 Å². The van der Waals surface area contributed by atoms with Crippen molar-refractivity contribution in [1.29, 1.82) is 0 Å². The normalized spacial score (nSPS) is 13.6. The molecular weight excluding hydrogens is 759 g/mol. The Morgan fingerprint density at radius 3 is 1.46 bits per heavy atom. The Morgan fingerprint density at radius 1 is 0.444 bits per heavy atom. The van der Waals surface area contributed by atoms with Crippen molar-refractivity contribution >= 4 is 62.8 Å². The third kappa shape index (κ3) is 7.48. The van der Waals surface area contributed by atoms with Crippen LogP contribution in [0.3, 0.4) is 0 Å². The van der Waals surface area contributed by atoms with E-state index in [0.717, 1.165) is 28.1 Å². The summed E-state index contributed by atoms with van der Waals surface area (Å²) in [5, 5.41) is 0. The Labute approximate surface area is 377 Å². The molecule has 9 rings (SSSR count). The van der Waals surface area contributed by atoms with E-state index < -0.39 is 0 Å². The van der Waals surface area contributed by atoms with Crippen molar-refractivity contribution in [3.63, 3.8) is 0 Å². The molecule has 0 saturated carbocycles. The second-order valence-corrected chi connectivity index (χ2v) is 20.4. The van der Waals surface area contributed by atoms with Gasteiger partial charge in [0.25, 0.3) is 6.71 Å². The van der Waals surface area contributed by atoms with E-state index in [0.29, 0.717) is 0 Å². The minimum Gasteiger partial charge on any atom is -0.311 e. The Bertz CT molecular complexity index is 2910. The summed E-state index contributed by atoms with van der Waals surface area (Å²) in [7, 11) is 0. The van der Waals surface area contributed by atoms with Crippen LogP contribution in [0.1, 0.15) is 84.6 Å². The molecule has 2 heterocycles. The molecule has 0 aliphatic carbocycles. The van der Waals surface area contributed by atoms with Crippen molar-refractivity contribution in [2.24, 2.45) is 0 Å². The van der Waals surface area contributed by atoms with Crippen molar-refractivity contribution in [2.75, 3.05) is 9.80 Å². The average molecular weight is 819 g/mol. The number of para-hydroxylation sites is 1. The van der Waals surface area contributed by atoms with Crippen LogP contribution in [0.4, 0.5) is 34.1 Å². The first-order chi connectivity index (χ1) is 30.1. The smallest absolute Gasteiger partial charge is 0.252 e. The summed E-state index contributed by atoms with van der Waals surface area (Å²) in [6.07, 6.45) is 5.87. The molecule has 0 spiro atoms. The third-order valence-corrected chi connectivity index (χ3v) is 13.1. The van der Waals surface area contributed by atoms with Gasteiger partial charge in [-0.15, -0.1) is 0 Å². The maximum absolute atomic E-state index is 4.28. The molecule has 0 fully saturated rings. The fourth-order valence-electron chi connectivity index (χ4n) is 9.55. The van der Waals surface area contributed by atoms with Crippen LogP contribution in [-0.2, 0) is 16.2 Å². The number of nitrogens with zero attached hydrogens (tertiary/aromatic N) is 2. The van der Waals surface area contributed by atoms with E-state index in [4.69, 9.17) is 0 Å². The van der Waals surface area contributed by atoms with Crippen LogP contribution in [0.5, 0.6) is 0 Å². The van der Waals surface area contributed by atoms with Crippen molar-refractivity contribution in [3.05, 3.63) is 205 Å². The van der Waals surface area contributed by atoms with E-state index in [-0.39, 0.29) is 23.0 Å². The molecule has 0 bridgehead atoms. The molecule has 7 aromatic rings. The summed E-state index contributed by atoms with van der Waals surface area (Å²) in [4.78, 5) is 5.08. The molecule has 2 nitrogen and oxygen atoms in total. The Morgan fingerprint density at radius 2 is 0.921 bits per heavy atom. The van der Waals surface area contributed by atoms with Crippen LogP contribution in [0.15, 0.2) is 183 Å². The standard InChI is InChI=1S/C60H59BN2/c1-12-19-40(13-2)49-22-17-18-23-52(49)63-54-35-31-47(60(9,10)11)39-51(54)61-50-38-46(59(6,7)8)30-34-53(50)62(48-32-28-45(29-33-48)58(3,4)5)55-36-44(37-56(63)57(55)61)43-26-24-42(25-27-43)41-20-15-14-16-21-41/h12-39H,1-2H2,3-11H3/b40-19+. The quantitative estimate of drug-likeness (QED) is 0.117. The molecule has 63 heavy (non-hydrogen) atoms. The zero-order valence-corrected chi connectivity index (χ0v) is 38.6. The molecular formula is C60H59BN2. The molecule has 2 aliphatic heterocycles. The average Bonchev–Trinajstić information content (AvgIpc) is 3.27. The molecule has 0 N–H and O–H groups in total. The first kappa shape index (κ1) is 41.8. The zero-order chi connectivity index (χ0) is 44.4. The largest absolute Gasteiger partial charge is 0.311 e. The summed E-state index contributed by atoms with van der Waals surface area (Å²) in [5.74, 6) is 0. The van der Waals surface area contributed by atoms with Crippen molar-refractivity contribution in [1.82, 2.24) is 0 Å². The number of rotatable bonds is 7. The van der Waals surface area contributed by atoms with Gasteiger partial charge in [0.15, 0.2) is 0 Å². The van der Waals surface area contributed by atoms with E-state index in [1.807, 2.05) is 12.2 Å². The van der Waals surface area contributed by atoms with Crippen LogP contribution in [0.25, 0.3) is 27.8 Å². The molecule has 0 atom stereocenters. The second-order valence-electron chi connectivity index (χ2n) is 20.4. The summed E-state index contributed by atoms with van der Waals surface area (Å²) >= 11 is 0. The summed E-state index contributed by atoms with van der Waals surface area (Å²) in [6, 6.07) is 57.2. The molecule has 312 valence electrons. The van der Waals surface area contributed by atoms with Gasteiger partial charge in [0.05, 0.1) is 5.69 Å². The SMILES string of the molecule is C=C/C=C(\C=C)c1ccccc1N1c2ccc(C(C)(C)C)cc2B2c3cc(C(C)(C)C)ccc3N(c3ccc(C(C)(C)C)cc3)c3cc(-c4ccc(-c5ccccc5)cc4)cc1c32. The summed E-state index contributed by atoms with van der Waals surface area (Å²) in [5.41, 5.74) is 21.7. The minimum absolute atomic E-state index is 0.0183. The van der Waals surface area contributed by atoms with Crippen LogP contribution in [-0.4, -0.2) is 6.71 Å². The van der Waals surface area contributed by atoms with E-state index in [2.05, 4.69) is 243 Å². The first-order valence-electron chi connectivity index (χ1n) is 22.4. The maximum Gasteiger partial charge on any atom is 0.252 e. The lowest BCUT2D eigenvalue weighted by molar-refractivity contribution is 0.590. The second kappa shape index (κ2) is 15.6. The predicted molar refractivity (Wildman–Crippen MR) is 276 cm³/mol. The van der Waals surface area contributed by atoms with Crippen LogP contribution in [0.2, 0.25) is 0 Å². The molecule has 0 unspecified atom stereocenters. The fourth-order valence-corrected chi connectivity index (χ4v) is 9.55. The predicted octanol–water partition coefficient (Wildman–Crippen LogP) is 14.8. The zero-order valence-electron chi connectivity index (χ0n) is 38.6. The van der Waals surface area contributed by atoms with Gasteiger partial charge in [-0.25, -0.2) is 0 Å². The number of anilines is 6. The topological polar surface area (TPSA) is 6.48 Å². The van der Waals surface area contributed by atoms with Gasteiger partial charge in [-0.2, -0.15) is 0 Å². The van der Waals surface area contributed by atoms with E-state index >= 15 is 0 Å². The monoisotopic (exact) mass is 818 g/mol. The third-order valence-electron chi connectivity index (χ3n) is 13.1. The summed E-state index contributed by atoms with van der Waals surface area (Å²) in [6.45, 7) is 29.2. The molecule has 2 aliphatic rings. The Balaban J connectivity index is 1.41. The maximum atomic E-state index is 4.28. The molecule has 0 aromatic heterocycles. The van der Waals surface area contributed by atoms with Gasteiger partial charge < -0.3 is 9.80 Å². The van der Waals surface area contributed by atoms with Crippen LogP contribution in [0, 0.1) is 0 Å².